The predicted octanol–water partition coefficient (Wildman–Crippen LogP) is -0.546. The molecule has 1 aromatic carbocycles. The first-order valence-electron chi connectivity index (χ1n) is 8.51. The Morgan fingerprint density at radius 2 is 2.00 bits per heavy atom. The number of furan rings is 1. The number of hydrogen-bond donors (Lipinski definition) is 3. The maximum absolute atomic E-state index is 12.0. The van der Waals surface area contributed by atoms with Gasteiger partial charge in [0.25, 0.3) is 5.91 Å². The Balaban J connectivity index is 1.42. The average molecular weight is 359 g/mol. The first-order valence-corrected chi connectivity index (χ1v) is 8.51. The van der Waals surface area contributed by atoms with Gasteiger partial charge in [0.2, 0.25) is 0 Å². The van der Waals surface area contributed by atoms with Crippen LogP contribution in [-0.2, 0) is 4.79 Å². The number of nitrogens with one attached hydrogen (secondary N) is 3. The van der Waals surface area contributed by atoms with Crippen molar-refractivity contribution in [1.29, 1.82) is 0 Å². The number of benzene rings is 1. The minimum Gasteiger partial charge on any atom is -0.497 e. The number of anilines is 1. The van der Waals surface area contributed by atoms with E-state index in [1.165, 1.54) is 17.2 Å². The van der Waals surface area contributed by atoms with Crippen molar-refractivity contribution in [3.63, 3.8) is 0 Å². The molecule has 26 heavy (non-hydrogen) atoms. The van der Waals surface area contributed by atoms with Gasteiger partial charge in [-0.3, -0.25) is 20.4 Å². The molecule has 8 nitrogen and oxygen atoms in total. The van der Waals surface area contributed by atoms with E-state index in [0.29, 0.717) is 6.54 Å². The molecule has 3 N–H and O–H groups in total. The molecule has 0 spiro atoms. The molecule has 1 aromatic heterocycles. The summed E-state index contributed by atoms with van der Waals surface area (Å²) in [6, 6.07) is 11.1. The van der Waals surface area contributed by atoms with E-state index in [9.17, 15) is 9.59 Å². The lowest BCUT2D eigenvalue weighted by atomic mass is 10.2. The first kappa shape index (κ1) is 17.8. The number of hydrogen-bond acceptors (Lipinski definition) is 5. The van der Waals surface area contributed by atoms with Crippen molar-refractivity contribution in [1.82, 2.24) is 10.9 Å². The number of rotatable bonds is 5. The number of carbonyl (C=O) groups excluding carboxylic acids is 2. The van der Waals surface area contributed by atoms with Gasteiger partial charge in [-0.15, -0.1) is 0 Å². The van der Waals surface area contributed by atoms with Crippen molar-refractivity contribution < 1.29 is 23.6 Å². The normalized spacial score (nSPS) is 14.7. The van der Waals surface area contributed by atoms with Crippen LogP contribution in [0.15, 0.2) is 47.1 Å². The molecule has 2 heterocycles. The minimum atomic E-state index is -0.471. The lowest BCUT2D eigenvalue weighted by Crippen LogP contribution is -3.16. The highest BCUT2D eigenvalue weighted by Crippen LogP contribution is 2.20. The van der Waals surface area contributed by atoms with E-state index in [4.69, 9.17) is 9.15 Å². The molecule has 1 aliphatic heterocycles. The Kier molecular flexibility index (Phi) is 5.75. The van der Waals surface area contributed by atoms with E-state index in [0.717, 1.165) is 37.6 Å². The summed E-state index contributed by atoms with van der Waals surface area (Å²) in [4.78, 5) is 27.2. The van der Waals surface area contributed by atoms with Gasteiger partial charge < -0.3 is 19.0 Å². The molecule has 3 rings (SSSR count). The van der Waals surface area contributed by atoms with Gasteiger partial charge in [0.05, 0.1) is 39.6 Å². The van der Waals surface area contributed by atoms with Crippen LogP contribution in [-0.4, -0.2) is 51.6 Å². The Bertz CT molecular complexity index is 739. The van der Waals surface area contributed by atoms with Gasteiger partial charge in [-0.1, -0.05) is 6.07 Å². The summed E-state index contributed by atoms with van der Waals surface area (Å²) < 4.78 is 10.2. The van der Waals surface area contributed by atoms with E-state index in [1.807, 2.05) is 18.2 Å². The number of ether oxygens (including phenoxy) is 1. The van der Waals surface area contributed by atoms with Crippen LogP contribution in [0.4, 0.5) is 5.69 Å². The fourth-order valence-electron chi connectivity index (χ4n) is 2.93. The second kappa shape index (κ2) is 8.39. The van der Waals surface area contributed by atoms with Gasteiger partial charge >= 0.3 is 5.91 Å². The highest BCUT2D eigenvalue weighted by molar-refractivity contribution is 5.92. The molecular weight excluding hydrogens is 336 g/mol. The number of piperazine rings is 1. The van der Waals surface area contributed by atoms with Crippen molar-refractivity contribution >= 4 is 17.5 Å². The standard InChI is InChI=1S/C18H22N4O4/c1-25-15-5-2-4-14(12-15)22-9-7-21(8-10-22)13-17(23)19-20-18(24)16-6-3-11-26-16/h2-6,11-12H,7-10,13H2,1H3,(H,19,23)(H,20,24)/p+1. The summed E-state index contributed by atoms with van der Waals surface area (Å²) in [6.07, 6.45) is 1.41. The molecule has 8 heteroatoms. The third kappa shape index (κ3) is 4.54. The van der Waals surface area contributed by atoms with E-state index < -0.39 is 5.91 Å². The largest absolute Gasteiger partial charge is 0.497 e. The van der Waals surface area contributed by atoms with Crippen LogP contribution in [0.5, 0.6) is 5.75 Å². The first-order chi connectivity index (χ1) is 12.7. The van der Waals surface area contributed by atoms with E-state index in [2.05, 4.69) is 21.8 Å². The monoisotopic (exact) mass is 359 g/mol. The lowest BCUT2D eigenvalue weighted by Gasteiger charge is -2.33. The molecule has 0 radical (unpaired) electrons. The van der Waals surface area contributed by atoms with Crippen LogP contribution in [0.2, 0.25) is 0 Å². The van der Waals surface area contributed by atoms with Crippen LogP contribution in [0.1, 0.15) is 10.6 Å². The Labute approximate surface area is 151 Å². The van der Waals surface area contributed by atoms with E-state index in [1.54, 1.807) is 13.2 Å². The maximum atomic E-state index is 12.0. The van der Waals surface area contributed by atoms with Crippen molar-refractivity contribution in [2.24, 2.45) is 0 Å². The van der Waals surface area contributed by atoms with Crippen molar-refractivity contribution in [2.45, 2.75) is 0 Å². The van der Waals surface area contributed by atoms with Crippen LogP contribution in [0.3, 0.4) is 0 Å². The van der Waals surface area contributed by atoms with Gasteiger partial charge in [0.15, 0.2) is 12.3 Å². The molecule has 2 aromatic rings. The fraction of sp³-hybridized carbons (Fsp3) is 0.333. The van der Waals surface area contributed by atoms with Crippen LogP contribution < -0.4 is 25.4 Å². The fourth-order valence-corrected chi connectivity index (χ4v) is 2.93. The molecule has 138 valence electrons. The number of amides is 2. The molecule has 1 aliphatic rings. The lowest BCUT2D eigenvalue weighted by molar-refractivity contribution is -0.892. The number of carbonyl (C=O) groups is 2. The number of quaternary nitrogens is 1. The highest BCUT2D eigenvalue weighted by Gasteiger charge is 2.23. The second-order valence-corrected chi connectivity index (χ2v) is 6.09. The summed E-state index contributed by atoms with van der Waals surface area (Å²) in [5, 5.41) is 0. The quantitative estimate of drug-likeness (QED) is 0.624. The zero-order valence-corrected chi connectivity index (χ0v) is 14.7. The number of hydrazine groups is 1. The summed E-state index contributed by atoms with van der Waals surface area (Å²) in [5.74, 6) is 0.296. The molecular formula is C18H23N4O4+. The maximum Gasteiger partial charge on any atom is 0.305 e. The van der Waals surface area contributed by atoms with Gasteiger partial charge in [-0.2, -0.15) is 0 Å². The summed E-state index contributed by atoms with van der Waals surface area (Å²) in [5.41, 5.74) is 5.90. The molecule has 0 aliphatic carbocycles. The van der Waals surface area contributed by atoms with Crippen LogP contribution >= 0.6 is 0 Å². The minimum absolute atomic E-state index is 0.157. The van der Waals surface area contributed by atoms with Crippen LogP contribution in [0, 0.1) is 0 Å². The van der Waals surface area contributed by atoms with Gasteiger partial charge in [0.1, 0.15) is 5.75 Å². The SMILES string of the molecule is COc1cccc(N2CC[NH+](CC(=O)NNC(=O)c3ccco3)CC2)c1. The molecule has 2 amide bonds. The summed E-state index contributed by atoms with van der Waals surface area (Å²) in [6.45, 7) is 3.71. The summed E-state index contributed by atoms with van der Waals surface area (Å²) in [7, 11) is 1.66. The smallest absolute Gasteiger partial charge is 0.305 e. The Morgan fingerprint density at radius 3 is 2.69 bits per heavy atom. The molecule has 1 saturated heterocycles. The van der Waals surface area contributed by atoms with Gasteiger partial charge in [0, 0.05) is 11.8 Å². The van der Waals surface area contributed by atoms with Crippen molar-refractivity contribution in [3.05, 3.63) is 48.4 Å². The summed E-state index contributed by atoms with van der Waals surface area (Å²) >= 11 is 0. The van der Waals surface area contributed by atoms with Crippen molar-refractivity contribution in [2.75, 3.05) is 44.7 Å². The topological polar surface area (TPSA) is 88.3 Å². The van der Waals surface area contributed by atoms with E-state index in [-0.39, 0.29) is 11.7 Å². The predicted molar refractivity (Wildman–Crippen MR) is 95.1 cm³/mol. The Morgan fingerprint density at radius 1 is 1.19 bits per heavy atom. The highest BCUT2D eigenvalue weighted by atomic mass is 16.5. The van der Waals surface area contributed by atoms with E-state index >= 15 is 0 Å². The Hall–Kier alpha value is -3.00. The van der Waals surface area contributed by atoms with Crippen LogP contribution in [0.25, 0.3) is 0 Å². The van der Waals surface area contributed by atoms with Gasteiger partial charge in [-0.25, -0.2) is 0 Å². The average Bonchev–Trinajstić information content (AvgIpc) is 3.22. The number of methoxy groups -OCH3 is 1. The number of nitrogens with zero attached hydrogens (tertiary/aromatic N) is 1. The zero-order valence-electron chi connectivity index (χ0n) is 14.7. The molecule has 0 saturated carbocycles. The molecule has 0 bridgehead atoms. The second-order valence-electron chi connectivity index (χ2n) is 6.09. The molecule has 1 fully saturated rings. The van der Waals surface area contributed by atoms with Crippen molar-refractivity contribution in [3.8, 4) is 5.75 Å². The third-order valence-electron chi connectivity index (χ3n) is 4.36. The van der Waals surface area contributed by atoms with Gasteiger partial charge in [-0.05, 0) is 24.3 Å². The molecule has 0 unspecified atom stereocenters. The molecule has 0 atom stereocenters. The zero-order chi connectivity index (χ0) is 18.4. The third-order valence-corrected chi connectivity index (χ3v) is 4.36.